The monoisotopic (exact) mass is 459 g/mol. The number of primary amides is 1. The van der Waals surface area contributed by atoms with Gasteiger partial charge in [-0.05, 0) is 35.7 Å². The number of nitrogens with two attached hydrogens (primary N) is 1. The Hall–Kier alpha value is -2.90. The van der Waals surface area contributed by atoms with E-state index in [1.54, 1.807) is 18.2 Å². The van der Waals surface area contributed by atoms with Crippen LogP contribution in [-0.2, 0) is 22.6 Å². The highest BCUT2D eigenvalue weighted by atomic mass is 35.5. The van der Waals surface area contributed by atoms with Gasteiger partial charge in [-0.3, -0.25) is 9.59 Å². The summed E-state index contributed by atoms with van der Waals surface area (Å²) >= 11 is 11.9. The first kappa shape index (κ1) is 22.8. The Kier molecular flexibility index (Phi) is 7.30. The zero-order valence-corrected chi connectivity index (χ0v) is 18.7. The van der Waals surface area contributed by atoms with Crippen molar-refractivity contribution in [3.8, 4) is 0 Å². The molecule has 3 aromatic rings. The third-order valence-corrected chi connectivity index (χ3v) is 5.45. The van der Waals surface area contributed by atoms with Crippen LogP contribution in [0.1, 0.15) is 25.2 Å². The summed E-state index contributed by atoms with van der Waals surface area (Å²) < 4.78 is 0. The second-order valence-electron chi connectivity index (χ2n) is 7.48. The van der Waals surface area contributed by atoms with Crippen LogP contribution in [0.4, 0.5) is 5.82 Å². The second-order valence-corrected chi connectivity index (χ2v) is 8.29. The van der Waals surface area contributed by atoms with Gasteiger partial charge in [0.05, 0.1) is 28.5 Å². The second kappa shape index (κ2) is 9.94. The molecule has 0 saturated heterocycles. The Bertz CT molecular complexity index is 1120. The molecule has 0 bridgehead atoms. The van der Waals surface area contributed by atoms with Crippen LogP contribution in [0.2, 0.25) is 10.0 Å². The van der Waals surface area contributed by atoms with E-state index in [-0.39, 0.29) is 24.8 Å². The van der Waals surface area contributed by atoms with E-state index in [1.807, 2.05) is 38.1 Å². The van der Waals surface area contributed by atoms with Crippen LogP contribution in [0.3, 0.4) is 0 Å². The van der Waals surface area contributed by atoms with Crippen molar-refractivity contribution in [1.82, 2.24) is 15.3 Å². The first-order valence-corrected chi connectivity index (χ1v) is 10.5. The van der Waals surface area contributed by atoms with E-state index < -0.39 is 11.9 Å². The van der Waals surface area contributed by atoms with Gasteiger partial charge in [0, 0.05) is 5.39 Å². The van der Waals surface area contributed by atoms with Crippen LogP contribution in [0, 0.1) is 5.92 Å². The minimum Gasteiger partial charge on any atom is -0.368 e. The van der Waals surface area contributed by atoms with Crippen LogP contribution in [0.15, 0.2) is 42.5 Å². The number of anilines is 1. The number of aromatic nitrogens is 2. The van der Waals surface area contributed by atoms with E-state index in [0.29, 0.717) is 27.2 Å². The Morgan fingerprint density at radius 1 is 1.06 bits per heavy atom. The summed E-state index contributed by atoms with van der Waals surface area (Å²) in [5.74, 6) is 0.212. The molecule has 0 spiro atoms. The summed E-state index contributed by atoms with van der Waals surface area (Å²) in [5, 5.41) is 7.55. The number of rotatable bonds is 8. The average Bonchev–Trinajstić information content (AvgIpc) is 2.72. The molecule has 0 fully saturated rings. The molecular formula is C22H23Cl2N5O2. The summed E-state index contributed by atoms with van der Waals surface area (Å²) in [6.07, 6.45) is 0.146. The number of hydrogen-bond acceptors (Lipinski definition) is 5. The number of carbonyl (C=O) groups is 2. The van der Waals surface area contributed by atoms with Gasteiger partial charge in [-0.2, -0.15) is 0 Å². The minimum atomic E-state index is -0.588. The minimum absolute atomic E-state index is 0.0272. The van der Waals surface area contributed by atoms with Gasteiger partial charge in [0.1, 0.15) is 11.9 Å². The van der Waals surface area contributed by atoms with E-state index in [4.69, 9.17) is 28.9 Å². The van der Waals surface area contributed by atoms with E-state index >= 15 is 0 Å². The number of fused-ring (bicyclic) bond motifs is 1. The van der Waals surface area contributed by atoms with Gasteiger partial charge in [0.15, 0.2) is 5.82 Å². The fourth-order valence-electron chi connectivity index (χ4n) is 3.10. The lowest BCUT2D eigenvalue weighted by Gasteiger charge is -2.21. The number of nitrogens with one attached hydrogen (secondary N) is 2. The van der Waals surface area contributed by atoms with Gasteiger partial charge in [-0.1, -0.05) is 55.2 Å². The van der Waals surface area contributed by atoms with Crippen molar-refractivity contribution in [3.63, 3.8) is 0 Å². The van der Waals surface area contributed by atoms with Crippen molar-refractivity contribution in [1.29, 1.82) is 0 Å². The lowest BCUT2D eigenvalue weighted by atomic mass is 10.0. The topological polar surface area (TPSA) is 110 Å². The highest BCUT2D eigenvalue weighted by molar-refractivity contribution is 6.42. The summed E-state index contributed by atoms with van der Waals surface area (Å²) in [4.78, 5) is 33.3. The van der Waals surface area contributed by atoms with Gasteiger partial charge >= 0.3 is 0 Å². The predicted molar refractivity (Wildman–Crippen MR) is 123 cm³/mol. The number of hydrogen-bond donors (Lipinski definition) is 3. The zero-order chi connectivity index (χ0) is 22.5. The van der Waals surface area contributed by atoms with Crippen molar-refractivity contribution in [2.75, 3.05) is 5.32 Å². The maximum absolute atomic E-state index is 12.4. The average molecular weight is 460 g/mol. The van der Waals surface area contributed by atoms with Crippen LogP contribution in [-0.4, -0.2) is 27.8 Å². The molecule has 4 N–H and O–H groups in total. The Labute approximate surface area is 190 Å². The van der Waals surface area contributed by atoms with Gasteiger partial charge < -0.3 is 16.4 Å². The van der Waals surface area contributed by atoms with Gasteiger partial charge in [0.2, 0.25) is 11.8 Å². The molecule has 1 aromatic heterocycles. The summed E-state index contributed by atoms with van der Waals surface area (Å²) in [5.41, 5.74) is 6.98. The third kappa shape index (κ3) is 5.83. The fourth-order valence-corrected chi connectivity index (χ4v) is 3.42. The predicted octanol–water partition coefficient (Wildman–Crippen LogP) is 3.72. The fraction of sp³-hybridized carbons (Fsp3) is 0.273. The summed E-state index contributed by atoms with van der Waals surface area (Å²) in [6.45, 7) is 3.93. The molecule has 2 amide bonds. The normalized spacial score (nSPS) is 12.0. The van der Waals surface area contributed by atoms with Crippen LogP contribution in [0.5, 0.6) is 0 Å². The van der Waals surface area contributed by atoms with E-state index in [1.165, 1.54) is 0 Å². The number of nitrogens with zero attached hydrogens (tertiary/aromatic N) is 2. The molecule has 9 heteroatoms. The molecule has 0 aliphatic heterocycles. The molecule has 0 unspecified atom stereocenters. The number of para-hydroxylation sites is 1. The third-order valence-electron chi connectivity index (χ3n) is 4.71. The van der Waals surface area contributed by atoms with Crippen molar-refractivity contribution in [2.45, 2.75) is 32.9 Å². The summed E-state index contributed by atoms with van der Waals surface area (Å²) in [6, 6.07) is 11.9. The zero-order valence-electron chi connectivity index (χ0n) is 17.2. The smallest absolute Gasteiger partial charge is 0.240 e. The molecule has 7 nitrogen and oxygen atoms in total. The largest absolute Gasteiger partial charge is 0.368 e. The van der Waals surface area contributed by atoms with Crippen LogP contribution in [0.25, 0.3) is 10.9 Å². The molecule has 0 aliphatic carbocycles. The lowest BCUT2D eigenvalue weighted by molar-refractivity contribution is -0.121. The molecule has 162 valence electrons. The highest BCUT2D eigenvalue weighted by Crippen LogP contribution is 2.23. The molecule has 0 aliphatic rings. The van der Waals surface area contributed by atoms with Crippen LogP contribution < -0.4 is 16.4 Å². The van der Waals surface area contributed by atoms with Gasteiger partial charge in [-0.15, -0.1) is 0 Å². The maximum Gasteiger partial charge on any atom is 0.240 e. The Morgan fingerprint density at radius 2 is 1.81 bits per heavy atom. The molecule has 3 rings (SSSR count). The van der Waals surface area contributed by atoms with E-state index in [2.05, 4.69) is 20.6 Å². The lowest BCUT2D eigenvalue weighted by Crippen LogP contribution is -2.40. The van der Waals surface area contributed by atoms with Gasteiger partial charge in [-0.25, -0.2) is 9.97 Å². The molecule has 1 atom stereocenters. The Morgan fingerprint density at radius 3 is 2.48 bits per heavy atom. The molecule has 31 heavy (non-hydrogen) atoms. The van der Waals surface area contributed by atoms with E-state index in [9.17, 15) is 9.59 Å². The SMILES string of the molecule is CC(C)[C@H](Nc1nc(CNC(=O)Cc2ccc(Cl)c(Cl)c2)nc2ccccc12)C(N)=O. The molecule has 2 aromatic carbocycles. The highest BCUT2D eigenvalue weighted by Gasteiger charge is 2.21. The number of halogens is 2. The maximum atomic E-state index is 12.4. The molecule has 0 saturated carbocycles. The number of carbonyl (C=O) groups excluding carboxylic acids is 2. The van der Waals surface area contributed by atoms with Crippen molar-refractivity contribution in [2.24, 2.45) is 11.7 Å². The molecular weight excluding hydrogens is 437 g/mol. The first-order chi connectivity index (χ1) is 14.7. The number of amides is 2. The molecule has 1 heterocycles. The molecule has 0 radical (unpaired) electrons. The number of benzene rings is 2. The quantitative estimate of drug-likeness (QED) is 0.475. The first-order valence-electron chi connectivity index (χ1n) is 9.76. The standard InChI is InChI=1S/C22H23Cl2N5O2/c1-12(2)20(21(25)31)29-22-14-5-3-4-6-17(14)27-18(28-22)11-26-19(30)10-13-7-8-15(23)16(24)9-13/h3-9,12,20H,10-11H2,1-2H3,(H2,25,31)(H,26,30)(H,27,28,29)/t20-/m0/s1. The van der Waals surface area contributed by atoms with Crippen molar-refractivity contribution in [3.05, 3.63) is 63.9 Å². The van der Waals surface area contributed by atoms with Crippen molar-refractivity contribution >= 4 is 51.7 Å². The van der Waals surface area contributed by atoms with Crippen molar-refractivity contribution < 1.29 is 9.59 Å². The van der Waals surface area contributed by atoms with Gasteiger partial charge in [0.25, 0.3) is 0 Å². The van der Waals surface area contributed by atoms with Crippen LogP contribution >= 0.6 is 23.2 Å². The summed E-state index contributed by atoms with van der Waals surface area (Å²) in [7, 11) is 0. The van der Waals surface area contributed by atoms with E-state index in [0.717, 1.165) is 10.9 Å². The Balaban J connectivity index is 1.78.